The summed E-state index contributed by atoms with van der Waals surface area (Å²) >= 11 is 0. The molecule has 7 aliphatic heterocycles. The molecule has 0 aromatic heterocycles. The highest BCUT2D eigenvalue weighted by molar-refractivity contribution is 5.90. The maximum atomic E-state index is 13.1. The van der Waals surface area contributed by atoms with Gasteiger partial charge in [0.05, 0.1) is 39.1 Å². The maximum absolute atomic E-state index is 13.1. The maximum Gasteiger partial charge on any atom is 0.217 e. The van der Waals surface area contributed by atoms with E-state index in [1.165, 1.54) is 0 Å². The Morgan fingerprint density at radius 3 is 1.76 bits per heavy atom. The minimum atomic E-state index is -2.00. The lowest BCUT2D eigenvalue weighted by molar-refractivity contribution is -0.379. The van der Waals surface area contributed by atoms with Crippen LogP contribution < -0.4 is 10.6 Å². The molecule has 0 unspecified atom stereocenters. The Balaban J connectivity index is 0.995. The van der Waals surface area contributed by atoms with Gasteiger partial charge in [0.1, 0.15) is 127 Å². The van der Waals surface area contributed by atoms with Gasteiger partial charge < -0.3 is 129 Å². The SMILES string of the molecule is CC(=O)N[C@H]1[C@H](O[C@@H]2CO[C@@H](O[C@H]3CC[C@]4(C)C5=CC[C@]6(C)[C@@H]([C@H](C)CC(=O)C=C(C)C)CC[C@H]6C(=CC[C@H]4C3(C)C)O5)[C@H](O[C@@H]3O[C@H](CO[C@@H]4O[C@H](CO)[C@@H](O)[C@H](O)[C@H]4O[C@@H]4O[C@H](CO)[C@@H](O)[C@H](O)[C@H]4O)[C@@H](O)[C@H](O)[C@H]3NC(C)=O)[C@H]2O)O[C@H](CO)[C@H](O)[C@@H]1O. The van der Waals surface area contributed by atoms with E-state index < -0.39 is 209 Å². The number of ether oxygens (including phenoxy) is 11. The summed E-state index contributed by atoms with van der Waals surface area (Å²) in [4.78, 5) is 38.5. The molecule has 2 amide bonds. The Morgan fingerprint density at radius 2 is 1.15 bits per heavy atom. The minimum absolute atomic E-state index is 0.109. The Bertz CT molecular complexity index is 2610. The molecular weight excluding hydrogens is 1200 g/mol. The molecule has 2 bridgehead atoms. The lowest BCUT2D eigenvalue weighted by Gasteiger charge is -2.55. The third kappa shape index (κ3) is 14.6. The average Bonchev–Trinajstić information content (AvgIpc) is 1.67. The van der Waals surface area contributed by atoms with E-state index in [-0.39, 0.29) is 34.9 Å². The normalized spacial score (nSPS) is 46.7. The molecule has 518 valence electrons. The second-order valence-corrected chi connectivity index (χ2v) is 27.8. The number of amides is 2. The molecule has 0 aromatic carbocycles. The van der Waals surface area contributed by atoms with Crippen LogP contribution in [0.1, 0.15) is 107 Å². The Morgan fingerprint density at radius 1 is 0.615 bits per heavy atom. The van der Waals surface area contributed by atoms with E-state index in [4.69, 9.17) is 52.1 Å². The predicted octanol–water partition coefficient (Wildman–Crippen LogP) is -2.98. The van der Waals surface area contributed by atoms with Crippen molar-refractivity contribution in [3.8, 4) is 0 Å². The fourth-order valence-electron chi connectivity index (χ4n) is 15.9. The van der Waals surface area contributed by atoms with Gasteiger partial charge in [-0.1, -0.05) is 40.2 Å². The average molecular weight is 1300 g/mol. The molecule has 7 heterocycles. The molecule has 9 aliphatic rings. The van der Waals surface area contributed by atoms with Crippen LogP contribution in [-0.4, -0.2) is 270 Å². The molecule has 29 heteroatoms. The minimum Gasteiger partial charge on any atom is -0.466 e. The number of carbonyl (C=O) groups is 3. The highest BCUT2D eigenvalue weighted by Crippen LogP contribution is 2.64. The Labute approximate surface area is 528 Å². The first-order valence-electron chi connectivity index (χ1n) is 31.8. The third-order valence-corrected chi connectivity index (χ3v) is 20.9. The molecule has 0 aromatic rings. The van der Waals surface area contributed by atoms with Gasteiger partial charge in [-0.3, -0.25) is 14.4 Å². The quantitative estimate of drug-likeness (QED) is 0.0541. The molecule has 5 saturated heterocycles. The van der Waals surface area contributed by atoms with Gasteiger partial charge in [0, 0.05) is 31.6 Å². The van der Waals surface area contributed by atoms with E-state index in [9.17, 15) is 80.8 Å². The van der Waals surface area contributed by atoms with Gasteiger partial charge in [0.25, 0.3) is 0 Å². The van der Waals surface area contributed by atoms with E-state index >= 15 is 0 Å². The molecule has 2 aliphatic carbocycles. The summed E-state index contributed by atoms with van der Waals surface area (Å²) in [5.41, 5.74) is -0.393. The molecule has 2 saturated carbocycles. The number of rotatable bonds is 20. The predicted molar refractivity (Wildman–Crippen MR) is 310 cm³/mol. The highest BCUT2D eigenvalue weighted by atomic mass is 16.8. The zero-order chi connectivity index (χ0) is 66.5. The topological polar surface area (TPSA) is 440 Å². The first-order valence-corrected chi connectivity index (χ1v) is 31.8. The molecule has 9 rings (SSSR count). The summed E-state index contributed by atoms with van der Waals surface area (Å²) in [5, 5.41) is 147. The van der Waals surface area contributed by atoms with Crippen LogP contribution in [0.4, 0.5) is 0 Å². The lowest BCUT2D eigenvalue weighted by Crippen LogP contribution is -2.68. The zero-order valence-electron chi connectivity index (χ0n) is 53.0. The highest BCUT2D eigenvalue weighted by Gasteiger charge is 2.61. The van der Waals surface area contributed by atoms with Crippen LogP contribution in [0.25, 0.3) is 0 Å². The molecule has 0 radical (unpaired) electrons. The molecule has 31 atom stereocenters. The van der Waals surface area contributed by atoms with E-state index in [1.54, 1.807) is 6.08 Å². The summed E-state index contributed by atoms with van der Waals surface area (Å²) in [6, 6.07) is -3.10. The van der Waals surface area contributed by atoms with Crippen LogP contribution in [0.5, 0.6) is 0 Å². The number of fused-ring (bicyclic) bond motifs is 6. The van der Waals surface area contributed by atoms with Gasteiger partial charge in [0.2, 0.25) is 11.8 Å². The van der Waals surface area contributed by atoms with Crippen molar-refractivity contribution < 1.29 is 133 Å². The number of nitrogens with one attached hydrogen (secondary N) is 2. The second-order valence-electron chi connectivity index (χ2n) is 27.8. The van der Waals surface area contributed by atoms with Crippen molar-refractivity contribution in [3.63, 3.8) is 0 Å². The van der Waals surface area contributed by atoms with Crippen molar-refractivity contribution in [2.24, 2.45) is 39.9 Å². The first kappa shape index (κ1) is 72.0. The van der Waals surface area contributed by atoms with E-state index in [0.717, 1.165) is 50.2 Å². The molecule has 0 spiro atoms. The molecule has 15 N–H and O–H groups in total. The van der Waals surface area contributed by atoms with Crippen LogP contribution >= 0.6 is 0 Å². The van der Waals surface area contributed by atoms with Crippen molar-refractivity contribution in [3.05, 3.63) is 35.3 Å². The Kier molecular flexibility index (Phi) is 23.1. The van der Waals surface area contributed by atoms with Gasteiger partial charge in [-0.05, 0) is 99.2 Å². The smallest absolute Gasteiger partial charge is 0.217 e. The van der Waals surface area contributed by atoms with Crippen molar-refractivity contribution in [1.29, 1.82) is 0 Å². The van der Waals surface area contributed by atoms with Gasteiger partial charge >= 0.3 is 0 Å². The van der Waals surface area contributed by atoms with E-state index in [0.29, 0.717) is 25.7 Å². The van der Waals surface area contributed by atoms with Crippen LogP contribution in [-0.2, 0) is 66.5 Å². The first-order chi connectivity index (χ1) is 42.9. The van der Waals surface area contributed by atoms with Gasteiger partial charge in [-0.2, -0.15) is 0 Å². The number of aliphatic hydroxyl groups excluding tert-OH is 13. The number of allylic oxidation sites excluding steroid dienone is 6. The summed E-state index contributed by atoms with van der Waals surface area (Å²) < 4.78 is 68.8. The largest absolute Gasteiger partial charge is 0.466 e. The monoisotopic (exact) mass is 1300 g/mol. The number of hydrogen-bond acceptors (Lipinski definition) is 27. The number of carbonyl (C=O) groups excluding carboxylic acids is 3. The van der Waals surface area contributed by atoms with Crippen molar-refractivity contribution in [2.45, 2.75) is 261 Å². The number of aliphatic hydroxyl groups is 13. The van der Waals surface area contributed by atoms with Gasteiger partial charge in [-0.25, -0.2) is 0 Å². The molecular formula is C62H98N2O27. The molecule has 7 fully saturated rings. The Hall–Kier alpha value is -3.29. The standard InChI is InChI=1S/C62H98N2O27/c1-25(2)18-29(70)19-26(3)30-10-11-31-32-12-13-38-60(6,7)39(14-17-62(38,9)40(83-32)15-16-61(30,31)8)89-59-53(47(75)37(24-82-59)88-55-41(63-27(4)68)48(76)43(71)33(20-65)84-55)90-56-42(64-28(5)69)49(77)46(74)36(87-56)23-81-58-54(51(79)45(73)35(22-67)86-58)91-57-52(80)50(78)44(72)34(21-66)85-57/h12,15,18,26,30-31,33-39,41-59,65-67,71-80H,10-11,13-14,16-17,19-24H2,1-9H3,(H,63,68)(H,64,69)/t26-,30-,31+,33-,34-,35-,36-,37-,38+,39+,41-,42-,43+,44-,45-,46-,47+,48-,49-,50+,51+,52-,53-,54-,55+,56+,57+,58-,59+,61-,62+/m1/s1. The number of ketones is 1. The van der Waals surface area contributed by atoms with Crippen molar-refractivity contribution in [2.75, 3.05) is 33.0 Å². The van der Waals surface area contributed by atoms with E-state index in [2.05, 4.69) is 57.4 Å². The van der Waals surface area contributed by atoms with Crippen LogP contribution in [0, 0.1) is 39.9 Å². The van der Waals surface area contributed by atoms with E-state index in [1.807, 2.05) is 13.8 Å². The fourth-order valence-corrected chi connectivity index (χ4v) is 15.9. The van der Waals surface area contributed by atoms with Gasteiger partial charge in [-0.15, -0.1) is 0 Å². The number of hydrogen-bond donors (Lipinski definition) is 15. The lowest BCUT2D eigenvalue weighted by atomic mass is 9.53. The molecule has 29 nitrogen and oxygen atoms in total. The van der Waals surface area contributed by atoms with Crippen LogP contribution in [0.3, 0.4) is 0 Å². The third-order valence-electron chi connectivity index (χ3n) is 20.9. The fraction of sp³-hybridized carbons (Fsp3) is 0.855. The van der Waals surface area contributed by atoms with Crippen molar-refractivity contribution in [1.82, 2.24) is 10.6 Å². The van der Waals surface area contributed by atoms with Crippen LogP contribution in [0.15, 0.2) is 35.3 Å². The molecule has 91 heavy (non-hydrogen) atoms. The van der Waals surface area contributed by atoms with Gasteiger partial charge in [0.15, 0.2) is 37.2 Å². The summed E-state index contributed by atoms with van der Waals surface area (Å²) in [6.07, 6.45) is -28.5. The van der Waals surface area contributed by atoms with Crippen molar-refractivity contribution >= 4 is 17.6 Å². The summed E-state index contributed by atoms with van der Waals surface area (Å²) in [5.74, 6) is 0.959. The second kappa shape index (κ2) is 29.2. The summed E-state index contributed by atoms with van der Waals surface area (Å²) in [7, 11) is 0. The zero-order valence-corrected chi connectivity index (χ0v) is 53.0. The summed E-state index contributed by atoms with van der Waals surface area (Å²) in [6.45, 7) is 13.2. The van der Waals surface area contributed by atoms with Crippen LogP contribution in [0.2, 0.25) is 0 Å².